The molecule has 0 spiro atoms. The van der Waals surface area contributed by atoms with Gasteiger partial charge in [0, 0.05) is 6.04 Å². The SMILES string of the molecule is CC(C)(C)C(NC(=O)OC1C2CC1C2)C(C)(C)C. The van der Waals surface area contributed by atoms with E-state index < -0.39 is 0 Å². The van der Waals surface area contributed by atoms with Gasteiger partial charge in [-0.2, -0.15) is 0 Å². The lowest BCUT2D eigenvalue weighted by molar-refractivity contribution is -0.153. The smallest absolute Gasteiger partial charge is 0.407 e. The molecule has 0 radical (unpaired) electrons. The van der Waals surface area contributed by atoms with E-state index >= 15 is 0 Å². The molecule has 0 aromatic rings. The fraction of sp³-hybridized carbons (Fsp3) is 0.933. The first-order valence-electron chi connectivity index (χ1n) is 7.06. The number of rotatable bonds is 2. The van der Waals surface area contributed by atoms with Crippen molar-refractivity contribution in [2.45, 2.75) is 66.5 Å². The minimum Gasteiger partial charge on any atom is -0.446 e. The van der Waals surface area contributed by atoms with Crippen molar-refractivity contribution in [3.63, 3.8) is 0 Å². The predicted octanol–water partition coefficient (Wildman–Crippen LogP) is 3.58. The number of nitrogens with one attached hydrogen (secondary N) is 1. The summed E-state index contributed by atoms with van der Waals surface area (Å²) >= 11 is 0. The van der Waals surface area contributed by atoms with Gasteiger partial charge in [-0.15, -0.1) is 0 Å². The van der Waals surface area contributed by atoms with Crippen LogP contribution >= 0.6 is 0 Å². The first-order valence-corrected chi connectivity index (χ1v) is 7.06. The summed E-state index contributed by atoms with van der Waals surface area (Å²) in [6.07, 6.45) is 2.51. The van der Waals surface area contributed by atoms with Gasteiger partial charge in [0.25, 0.3) is 0 Å². The highest BCUT2D eigenvalue weighted by molar-refractivity contribution is 5.68. The van der Waals surface area contributed by atoms with Gasteiger partial charge in [-0.05, 0) is 35.5 Å². The van der Waals surface area contributed by atoms with Crippen molar-refractivity contribution in [1.29, 1.82) is 0 Å². The van der Waals surface area contributed by atoms with Crippen molar-refractivity contribution < 1.29 is 9.53 Å². The Morgan fingerprint density at radius 1 is 1.06 bits per heavy atom. The van der Waals surface area contributed by atoms with E-state index in [1.54, 1.807) is 0 Å². The van der Waals surface area contributed by atoms with Crippen LogP contribution in [0.25, 0.3) is 0 Å². The van der Waals surface area contributed by atoms with Crippen LogP contribution in [-0.2, 0) is 4.74 Å². The third kappa shape index (κ3) is 2.50. The molecule has 3 nitrogen and oxygen atoms in total. The molecule has 3 rings (SSSR count). The zero-order chi connectivity index (χ0) is 13.7. The Labute approximate surface area is 111 Å². The molecule has 0 atom stereocenters. The average molecular weight is 253 g/mol. The summed E-state index contributed by atoms with van der Waals surface area (Å²) in [7, 11) is 0. The molecule has 0 saturated heterocycles. The lowest BCUT2D eigenvalue weighted by Gasteiger charge is -2.56. The Morgan fingerprint density at radius 2 is 1.50 bits per heavy atom. The molecule has 0 unspecified atom stereocenters. The number of carbonyl (C=O) groups is 1. The first kappa shape index (κ1) is 13.7. The van der Waals surface area contributed by atoms with Crippen molar-refractivity contribution in [1.82, 2.24) is 5.32 Å². The first-order chi connectivity index (χ1) is 8.09. The van der Waals surface area contributed by atoms with Gasteiger partial charge in [-0.3, -0.25) is 0 Å². The number of alkyl carbamates (subject to hydrolysis) is 1. The van der Waals surface area contributed by atoms with Crippen molar-refractivity contribution in [2.75, 3.05) is 0 Å². The fourth-order valence-corrected chi connectivity index (χ4v) is 3.44. The lowest BCUT2D eigenvalue weighted by Crippen LogP contribution is -2.59. The zero-order valence-corrected chi connectivity index (χ0v) is 12.5. The maximum absolute atomic E-state index is 12.0. The highest BCUT2D eigenvalue weighted by Gasteiger charge is 2.55. The molecule has 3 heteroatoms. The molecule has 1 amide bonds. The van der Waals surface area contributed by atoms with Crippen molar-refractivity contribution >= 4 is 6.09 Å². The van der Waals surface area contributed by atoms with Gasteiger partial charge in [0.2, 0.25) is 0 Å². The molecular formula is C15H27NO2. The predicted molar refractivity (Wildman–Crippen MR) is 72.3 cm³/mol. The van der Waals surface area contributed by atoms with Crippen molar-refractivity contribution in [2.24, 2.45) is 22.7 Å². The Balaban J connectivity index is 1.90. The van der Waals surface area contributed by atoms with E-state index in [9.17, 15) is 4.79 Å². The van der Waals surface area contributed by atoms with Crippen LogP contribution < -0.4 is 5.32 Å². The summed E-state index contributed by atoms with van der Waals surface area (Å²) in [6, 6.07) is 0.105. The minimum absolute atomic E-state index is 0.0276. The third-order valence-corrected chi connectivity index (χ3v) is 4.38. The van der Waals surface area contributed by atoms with E-state index in [1.807, 2.05) is 0 Å². The van der Waals surface area contributed by atoms with E-state index in [1.165, 1.54) is 12.8 Å². The topological polar surface area (TPSA) is 38.3 Å². The molecule has 104 valence electrons. The molecule has 0 aromatic heterocycles. The van der Waals surface area contributed by atoms with Crippen LogP contribution in [0.15, 0.2) is 0 Å². The minimum atomic E-state index is -0.232. The molecule has 3 saturated carbocycles. The van der Waals surface area contributed by atoms with E-state index in [-0.39, 0.29) is 29.1 Å². The van der Waals surface area contributed by atoms with Crippen molar-refractivity contribution in [3.05, 3.63) is 0 Å². The zero-order valence-electron chi connectivity index (χ0n) is 12.5. The number of amides is 1. The Bertz CT molecular complexity index is 309. The Morgan fingerprint density at radius 3 is 1.78 bits per heavy atom. The van der Waals surface area contributed by atoms with E-state index in [0.717, 1.165) is 0 Å². The molecule has 18 heavy (non-hydrogen) atoms. The number of ether oxygens (including phenoxy) is 1. The number of carbonyl (C=O) groups excluding carboxylic acids is 1. The number of hydrogen-bond acceptors (Lipinski definition) is 2. The van der Waals surface area contributed by atoms with Crippen LogP contribution in [0.4, 0.5) is 4.79 Å². The summed E-state index contributed by atoms with van der Waals surface area (Å²) < 4.78 is 5.52. The van der Waals surface area contributed by atoms with Crippen molar-refractivity contribution in [3.8, 4) is 0 Å². The van der Waals surface area contributed by atoms with Crippen LogP contribution in [0.5, 0.6) is 0 Å². The highest BCUT2D eigenvalue weighted by Crippen LogP contribution is 2.55. The molecule has 0 aliphatic heterocycles. The second kappa shape index (κ2) is 4.14. The van der Waals surface area contributed by atoms with Crippen LogP contribution in [0.1, 0.15) is 54.4 Å². The molecular weight excluding hydrogens is 226 g/mol. The van der Waals surface area contributed by atoms with Gasteiger partial charge >= 0.3 is 6.09 Å². The van der Waals surface area contributed by atoms with Gasteiger partial charge in [-0.1, -0.05) is 41.5 Å². The van der Waals surface area contributed by atoms with Crippen LogP contribution in [0.2, 0.25) is 0 Å². The Hall–Kier alpha value is -0.730. The molecule has 3 aliphatic carbocycles. The normalized spacial score (nSPS) is 30.5. The van der Waals surface area contributed by atoms with Gasteiger partial charge in [0.1, 0.15) is 6.10 Å². The van der Waals surface area contributed by atoms with Gasteiger partial charge in [0.05, 0.1) is 0 Å². The third-order valence-electron chi connectivity index (χ3n) is 4.38. The van der Waals surface area contributed by atoms with E-state index in [0.29, 0.717) is 11.8 Å². The van der Waals surface area contributed by atoms with Gasteiger partial charge < -0.3 is 10.1 Å². The molecule has 2 bridgehead atoms. The molecule has 0 heterocycles. The standard InChI is InChI=1S/C15H27NO2/c1-14(2,3)12(15(4,5)6)16-13(17)18-11-9-7-10(11)8-9/h9-12H,7-8H2,1-6H3,(H,16,17). The number of hydrogen-bond donors (Lipinski definition) is 1. The summed E-state index contributed by atoms with van der Waals surface area (Å²) in [5.41, 5.74) is 0.0552. The summed E-state index contributed by atoms with van der Waals surface area (Å²) in [4.78, 5) is 12.0. The second-order valence-electron chi connectivity index (χ2n) is 8.17. The highest BCUT2D eigenvalue weighted by atomic mass is 16.6. The molecule has 1 N–H and O–H groups in total. The quantitative estimate of drug-likeness (QED) is 0.817. The van der Waals surface area contributed by atoms with Crippen LogP contribution in [0.3, 0.4) is 0 Å². The maximum Gasteiger partial charge on any atom is 0.407 e. The van der Waals surface area contributed by atoms with Crippen LogP contribution in [0, 0.1) is 22.7 Å². The largest absolute Gasteiger partial charge is 0.446 e. The summed E-state index contributed by atoms with van der Waals surface area (Å²) in [6.45, 7) is 12.9. The van der Waals surface area contributed by atoms with Crippen LogP contribution in [-0.4, -0.2) is 18.2 Å². The molecule has 0 aromatic carbocycles. The molecule has 3 aliphatic rings. The van der Waals surface area contributed by atoms with Gasteiger partial charge in [-0.25, -0.2) is 4.79 Å². The average Bonchev–Trinajstić information content (AvgIpc) is 2.02. The van der Waals surface area contributed by atoms with Gasteiger partial charge in [0.15, 0.2) is 0 Å². The summed E-state index contributed by atoms with van der Waals surface area (Å²) in [5.74, 6) is 1.31. The molecule has 3 fully saturated rings. The maximum atomic E-state index is 12.0. The second-order valence-corrected chi connectivity index (χ2v) is 8.17. The van der Waals surface area contributed by atoms with E-state index in [2.05, 4.69) is 46.9 Å². The lowest BCUT2D eigenvalue weighted by atomic mass is 9.53. The monoisotopic (exact) mass is 253 g/mol. The summed E-state index contributed by atoms with van der Waals surface area (Å²) in [5, 5.41) is 3.08. The van der Waals surface area contributed by atoms with E-state index in [4.69, 9.17) is 4.74 Å². The Kier molecular flexibility index (Phi) is 3.15. The fourth-order valence-electron chi connectivity index (χ4n) is 3.44.